The van der Waals surface area contributed by atoms with E-state index in [0.29, 0.717) is 0 Å². The van der Waals surface area contributed by atoms with Crippen LogP contribution in [-0.4, -0.2) is 36.8 Å². The number of aromatic nitrogens is 2. The number of fused-ring (bicyclic) bond motifs is 1. The Hall–Kier alpha value is -1.90. The standard InChI is InChI=1S/C12H11F3N2O3S/c1-21(20)6-5-17-9-7(10(18)19)3-2-4-8(9)16-11(17)12(13,14)15/h2-4H,5-6H2,1H3,(H,18,19). The van der Waals surface area contributed by atoms with Gasteiger partial charge in [0.15, 0.2) is 0 Å². The second-order valence-electron chi connectivity index (χ2n) is 4.34. The summed E-state index contributed by atoms with van der Waals surface area (Å²) in [5.41, 5.74) is -0.427. The van der Waals surface area contributed by atoms with E-state index in [-0.39, 0.29) is 28.9 Å². The molecule has 1 atom stereocenters. The number of halogens is 3. The van der Waals surface area contributed by atoms with Crippen LogP contribution in [0.3, 0.4) is 0 Å². The maximum absolute atomic E-state index is 13.0. The lowest BCUT2D eigenvalue weighted by Gasteiger charge is -2.11. The van der Waals surface area contributed by atoms with E-state index in [1.165, 1.54) is 24.5 Å². The van der Waals surface area contributed by atoms with Crippen molar-refractivity contribution in [1.29, 1.82) is 0 Å². The molecule has 0 bridgehead atoms. The summed E-state index contributed by atoms with van der Waals surface area (Å²) in [7, 11) is -1.31. The Labute approximate surface area is 119 Å². The van der Waals surface area contributed by atoms with Gasteiger partial charge in [-0.1, -0.05) is 6.07 Å². The van der Waals surface area contributed by atoms with Crippen LogP contribution in [0.2, 0.25) is 0 Å². The van der Waals surface area contributed by atoms with E-state index >= 15 is 0 Å². The highest BCUT2D eigenvalue weighted by Crippen LogP contribution is 2.32. The lowest BCUT2D eigenvalue weighted by atomic mass is 10.2. The fraction of sp³-hybridized carbons (Fsp3) is 0.333. The molecule has 1 heterocycles. The van der Waals surface area contributed by atoms with Gasteiger partial charge in [0.05, 0.1) is 16.6 Å². The number of benzene rings is 1. The molecule has 1 unspecified atom stereocenters. The zero-order valence-electron chi connectivity index (χ0n) is 10.8. The molecule has 0 aliphatic heterocycles. The molecule has 0 saturated heterocycles. The highest BCUT2D eigenvalue weighted by atomic mass is 32.2. The number of carbonyl (C=O) groups is 1. The minimum absolute atomic E-state index is 0.0253. The van der Waals surface area contributed by atoms with Crippen LogP contribution in [0.5, 0.6) is 0 Å². The van der Waals surface area contributed by atoms with E-state index in [0.717, 1.165) is 4.57 Å². The van der Waals surface area contributed by atoms with Gasteiger partial charge in [0, 0.05) is 29.4 Å². The van der Waals surface area contributed by atoms with Crippen LogP contribution in [0.15, 0.2) is 18.2 Å². The summed E-state index contributed by atoms with van der Waals surface area (Å²) in [6.07, 6.45) is -3.35. The van der Waals surface area contributed by atoms with Crippen LogP contribution < -0.4 is 0 Å². The summed E-state index contributed by atoms with van der Waals surface area (Å²) < 4.78 is 51.0. The van der Waals surface area contributed by atoms with Gasteiger partial charge in [-0.3, -0.25) is 4.21 Å². The van der Waals surface area contributed by atoms with Gasteiger partial charge in [0.2, 0.25) is 5.82 Å². The number of hydrogen-bond acceptors (Lipinski definition) is 3. The molecule has 9 heteroatoms. The Morgan fingerprint density at radius 2 is 2.10 bits per heavy atom. The van der Waals surface area contributed by atoms with Gasteiger partial charge < -0.3 is 9.67 Å². The molecule has 0 aliphatic carbocycles. The van der Waals surface area contributed by atoms with Crippen molar-refractivity contribution in [2.75, 3.05) is 12.0 Å². The number of rotatable bonds is 4. The number of imidazole rings is 1. The minimum Gasteiger partial charge on any atom is -0.478 e. The molecule has 5 nitrogen and oxygen atoms in total. The monoisotopic (exact) mass is 320 g/mol. The fourth-order valence-electron chi connectivity index (χ4n) is 2.01. The van der Waals surface area contributed by atoms with Crippen LogP contribution in [0.25, 0.3) is 11.0 Å². The Kier molecular flexibility index (Phi) is 4.04. The van der Waals surface area contributed by atoms with Crippen LogP contribution in [0.4, 0.5) is 13.2 Å². The first-order valence-corrected chi connectivity index (χ1v) is 7.54. The number of aryl methyl sites for hydroxylation is 1. The average Bonchev–Trinajstić information content (AvgIpc) is 2.74. The molecule has 21 heavy (non-hydrogen) atoms. The van der Waals surface area contributed by atoms with E-state index in [1.807, 2.05) is 0 Å². The number of hydrogen-bond donors (Lipinski definition) is 1. The van der Waals surface area contributed by atoms with E-state index in [4.69, 9.17) is 5.11 Å². The Morgan fingerprint density at radius 1 is 1.43 bits per heavy atom. The summed E-state index contributed by atoms with van der Waals surface area (Å²) in [6, 6.07) is 3.86. The fourth-order valence-corrected chi connectivity index (χ4v) is 2.45. The third-order valence-electron chi connectivity index (χ3n) is 2.85. The lowest BCUT2D eigenvalue weighted by molar-refractivity contribution is -0.146. The molecule has 2 aromatic rings. The van der Waals surface area contributed by atoms with Crippen molar-refractivity contribution >= 4 is 27.8 Å². The van der Waals surface area contributed by atoms with Crippen molar-refractivity contribution < 1.29 is 27.3 Å². The molecule has 1 aromatic carbocycles. The quantitative estimate of drug-likeness (QED) is 0.937. The first kappa shape index (κ1) is 15.5. The van der Waals surface area contributed by atoms with Crippen molar-refractivity contribution in [2.45, 2.75) is 12.7 Å². The molecule has 0 fully saturated rings. The Balaban J connectivity index is 2.73. The number of carboxylic acid groups (broad SMARTS) is 1. The zero-order chi connectivity index (χ0) is 15.8. The van der Waals surface area contributed by atoms with E-state index in [9.17, 15) is 22.2 Å². The molecular formula is C12H11F3N2O3S. The summed E-state index contributed by atoms with van der Waals surface area (Å²) in [5, 5.41) is 9.11. The van der Waals surface area contributed by atoms with E-state index < -0.39 is 28.8 Å². The topological polar surface area (TPSA) is 72.2 Å². The molecule has 2 rings (SSSR count). The normalized spacial score (nSPS) is 13.5. The lowest BCUT2D eigenvalue weighted by Crippen LogP contribution is -2.18. The second kappa shape index (κ2) is 5.47. The van der Waals surface area contributed by atoms with Crippen LogP contribution in [-0.2, 0) is 23.5 Å². The van der Waals surface area contributed by atoms with Gasteiger partial charge in [-0.15, -0.1) is 0 Å². The molecule has 0 spiro atoms. The van der Waals surface area contributed by atoms with Crippen LogP contribution >= 0.6 is 0 Å². The van der Waals surface area contributed by atoms with Gasteiger partial charge in [0.1, 0.15) is 0 Å². The number of nitrogens with zero attached hydrogens (tertiary/aromatic N) is 2. The number of alkyl halides is 3. The molecule has 114 valence electrons. The van der Waals surface area contributed by atoms with E-state index in [2.05, 4.69) is 4.98 Å². The summed E-state index contributed by atoms with van der Waals surface area (Å²) in [4.78, 5) is 14.7. The second-order valence-corrected chi connectivity index (χ2v) is 5.90. The first-order chi connectivity index (χ1) is 9.71. The third-order valence-corrected chi connectivity index (χ3v) is 3.61. The SMILES string of the molecule is CS(=O)CCn1c(C(F)(F)F)nc2cccc(C(=O)O)c21. The van der Waals surface area contributed by atoms with Crippen molar-refractivity contribution in [2.24, 2.45) is 0 Å². The van der Waals surface area contributed by atoms with Gasteiger partial charge in [-0.2, -0.15) is 13.2 Å². The highest BCUT2D eigenvalue weighted by Gasteiger charge is 2.38. The average molecular weight is 320 g/mol. The molecule has 1 aromatic heterocycles. The maximum Gasteiger partial charge on any atom is 0.449 e. The van der Waals surface area contributed by atoms with Crippen LogP contribution in [0, 0.1) is 0 Å². The van der Waals surface area contributed by atoms with Crippen molar-refractivity contribution in [3.05, 3.63) is 29.6 Å². The highest BCUT2D eigenvalue weighted by molar-refractivity contribution is 7.84. The summed E-state index contributed by atoms with van der Waals surface area (Å²) in [5.74, 6) is -2.55. The largest absolute Gasteiger partial charge is 0.478 e. The van der Waals surface area contributed by atoms with Gasteiger partial charge in [-0.05, 0) is 12.1 Å². The van der Waals surface area contributed by atoms with Crippen LogP contribution in [0.1, 0.15) is 16.2 Å². The van der Waals surface area contributed by atoms with Gasteiger partial charge in [0.25, 0.3) is 0 Å². The summed E-state index contributed by atoms with van der Waals surface area (Å²) >= 11 is 0. The molecule has 0 aliphatic rings. The van der Waals surface area contributed by atoms with E-state index in [1.54, 1.807) is 0 Å². The maximum atomic E-state index is 13.0. The Morgan fingerprint density at radius 3 is 2.62 bits per heavy atom. The molecule has 0 amide bonds. The summed E-state index contributed by atoms with van der Waals surface area (Å²) in [6.45, 7) is -0.223. The minimum atomic E-state index is -4.72. The molecule has 0 saturated carbocycles. The van der Waals surface area contributed by atoms with Gasteiger partial charge >= 0.3 is 12.1 Å². The first-order valence-electron chi connectivity index (χ1n) is 5.81. The number of para-hydroxylation sites is 1. The molecular weight excluding hydrogens is 309 g/mol. The third kappa shape index (κ3) is 3.07. The molecule has 1 N–H and O–H groups in total. The van der Waals surface area contributed by atoms with Gasteiger partial charge in [-0.25, -0.2) is 9.78 Å². The zero-order valence-corrected chi connectivity index (χ0v) is 11.7. The Bertz CT molecular complexity index is 724. The number of aromatic carboxylic acids is 1. The smallest absolute Gasteiger partial charge is 0.449 e. The number of carboxylic acids is 1. The predicted molar refractivity (Wildman–Crippen MR) is 70.6 cm³/mol. The predicted octanol–water partition coefficient (Wildman–Crippen LogP) is 2.13. The van der Waals surface area contributed by atoms with Crippen molar-refractivity contribution in [3.63, 3.8) is 0 Å². The van der Waals surface area contributed by atoms with Crippen molar-refractivity contribution in [3.8, 4) is 0 Å². The molecule has 0 radical (unpaired) electrons. The van der Waals surface area contributed by atoms with Crippen molar-refractivity contribution in [1.82, 2.24) is 9.55 Å².